The third kappa shape index (κ3) is 3.93. The van der Waals surface area contributed by atoms with Gasteiger partial charge in [-0.1, -0.05) is 23.7 Å². The largest absolute Gasteiger partial charge is 0.321 e. The highest BCUT2D eigenvalue weighted by atomic mass is 35.5. The van der Waals surface area contributed by atoms with Gasteiger partial charge in [-0.3, -0.25) is 14.8 Å². The first-order chi connectivity index (χ1) is 15.6. The maximum atomic E-state index is 12.9. The van der Waals surface area contributed by atoms with Gasteiger partial charge >= 0.3 is 0 Å². The molecule has 5 aromatic rings. The molecular formula is C24H17ClN6O. The first-order valence-corrected chi connectivity index (χ1v) is 10.3. The third-order valence-electron chi connectivity index (χ3n) is 4.90. The zero-order chi connectivity index (χ0) is 22.1. The fourth-order valence-electron chi connectivity index (χ4n) is 3.37. The molecule has 2 aromatic carbocycles. The van der Waals surface area contributed by atoms with E-state index in [4.69, 9.17) is 11.6 Å². The zero-order valence-corrected chi connectivity index (χ0v) is 17.8. The number of halogens is 1. The van der Waals surface area contributed by atoms with Crippen molar-refractivity contribution in [3.05, 3.63) is 95.5 Å². The molecule has 0 atom stereocenters. The van der Waals surface area contributed by atoms with Crippen LogP contribution in [0, 0.1) is 6.92 Å². The van der Waals surface area contributed by atoms with Crippen molar-refractivity contribution in [3.63, 3.8) is 0 Å². The topological polar surface area (TPSA) is 85.6 Å². The van der Waals surface area contributed by atoms with E-state index in [2.05, 4.69) is 25.4 Å². The summed E-state index contributed by atoms with van der Waals surface area (Å²) in [5.41, 5.74) is 4.85. The molecule has 0 aliphatic heterocycles. The molecule has 0 bridgehead atoms. The predicted molar refractivity (Wildman–Crippen MR) is 124 cm³/mol. The Bertz CT molecular complexity index is 1440. The van der Waals surface area contributed by atoms with Crippen LogP contribution in [0.5, 0.6) is 0 Å². The Morgan fingerprint density at radius 1 is 0.938 bits per heavy atom. The Labute approximate surface area is 188 Å². The van der Waals surface area contributed by atoms with Crippen molar-refractivity contribution in [2.24, 2.45) is 0 Å². The summed E-state index contributed by atoms with van der Waals surface area (Å²) >= 11 is 5.93. The minimum absolute atomic E-state index is 0.262. The molecule has 0 unspecified atom stereocenters. The van der Waals surface area contributed by atoms with E-state index in [1.54, 1.807) is 47.4 Å². The molecule has 156 valence electrons. The number of nitrogens with one attached hydrogen (secondary N) is 1. The monoisotopic (exact) mass is 440 g/mol. The van der Waals surface area contributed by atoms with Crippen LogP contribution in [0.25, 0.3) is 28.1 Å². The van der Waals surface area contributed by atoms with Crippen LogP contribution in [0.3, 0.4) is 0 Å². The van der Waals surface area contributed by atoms with Crippen LogP contribution in [-0.4, -0.2) is 30.6 Å². The molecule has 1 N–H and O–H groups in total. The number of aryl methyl sites for hydroxylation is 1. The van der Waals surface area contributed by atoms with Gasteiger partial charge in [-0.25, -0.2) is 9.67 Å². The fourth-order valence-corrected chi connectivity index (χ4v) is 3.50. The molecule has 5 rings (SSSR count). The quantitative estimate of drug-likeness (QED) is 0.420. The maximum absolute atomic E-state index is 12.9. The summed E-state index contributed by atoms with van der Waals surface area (Å²) in [4.78, 5) is 26.2. The lowest BCUT2D eigenvalue weighted by atomic mass is 10.1. The number of benzene rings is 2. The number of aromatic nitrogens is 5. The van der Waals surface area contributed by atoms with Gasteiger partial charge in [0.05, 0.1) is 16.7 Å². The summed E-state index contributed by atoms with van der Waals surface area (Å²) in [7, 11) is 0. The van der Waals surface area contributed by atoms with Crippen LogP contribution in [0.4, 0.5) is 5.69 Å². The number of carbonyl (C=O) groups is 1. The Morgan fingerprint density at radius 2 is 1.72 bits per heavy atom. The lowest BCUT2D eigenvalue weighted by molar-refractivity contribution is 0.102. The van der Waals surface area contributed by atoms with Crippen molar-refractivity contribution < 1.29 is 4.79 Å². The fraction of sp³-hybridized carbons (Fsp3) is 0.0417. The number of nitrogens with zero attached hydrogens (tertiary/aromatic N) is 5. The second-order valence-electron chi connectivity index (χ2n) is 7.18. The highest BCUT2D eigenvalue weighted by molar-refractivity contribution is 6.30. The molecule has 7 nitrogen and oxygen atoms in total. The second-order valence-corrected chi connectivity index (χ2v) is 7.62. The molecule has 3 heterocycles. The second kappa shape index (κ2) is 8.20. The van der Waals surface area contributed by atoms with E-state index in [0.717, 1.165) is 28.0 Å². The summed E-state index contributed by atoms with van der Waals surface area (Å²) < 4.78 is 1.67. The van der Waals surface area contributed by atoms with E-state index in [-0.39, 0.29) is 11.6 Å². The molecule has 0 radical (unpaired) electrons. The highest BCUT2D eigenvalue weighted by Crippen LogP contribution is 2.26. The Hall–Kier alpha value is -4.10. The van der Waals surface area contributed by atoms with Gasteiger partial charge in [0.2, 0.25) is 0 Å². The van der Waals surface area contributed by atoms with Gasteiger partial charge in [0.25, 0.3) is 5.91 Å². The van der Waals surface area contributed by atoms with Gasteiger partial charge in [0.15, 0.2) is 11.5 Å². The van der Waals surface area contributed by atoms with Gasteiger partial charge in [0, 0.05) is 34.4 Å². The summed E-state index contributed by atoms with van der Waals surface area (Å²) in [5.74, 6) is 0.283. The predicted octanol–water partition coefficient (Wildman–Crippen LogP) is 5.09. The molecule has 0 spiro atoms. The average molecular weight is 441 g/mol. The van der Waals surface area contributed by atoms with E-state index in [1.165, 1.54) is 0 Å². The van der Waals surface area contributed by atoms with Crippen LogP contribution >= 0.6 is 11.6 Å². The Kier molecular flexibility index (Phi) is 5.09. The summed E-state index contributed by atoms with van der Waals surface area (Å²) in [6, 6.07) is 20.1. The minimum Gasteiger partial charge on any atom is -0.321 e. The molecule has 0 saturated carbocycles. The molecule has 0 aliphatic rings. The number of hydrogen-bond acceptors (Lipinski definition) is 5. The number of amides is 1. The first kappa shape index (κ1) is 19.8. The summed E-state index contributed by atoms with van der Waals surface area (Å²) in [5, 5.41) is 8.02. The van der Waals surface area contributed by atoms with Gasteiger partial charge in [-0.05, 0) is 61.5 Å². The summed E-state index contributed by atoms with van der Waals surface area (Å²) in [6.07, 6.45) is 3.30. The van der Waals surface area contributed by atoms with E-state index >= 15 is 0 Å². The molecular weight excluding hydrogens is 424 g/mol. The minimum atomic E-state index is -0.333. The number of pyridine rings is 1. The van der Waals surface area contributed by atoms with E-state index in [0.29, 0.717) is 16.5 Å². The normalized spacial score (nSPS) is 10.9. The molecule has 0 saturated heterocycles. The smallest absolute Gasteiger partial charge is 0.276 e. The third-order valence-corrected chi connectivity index (χ3v) is 5.15. The average Bonchev–Trinajstić information content (AvgIpc) is 3.26. The van der Waals surface area contributed by atoms with Crippen LogP contribution < -0.4 is 5.32 Å². The van der Waals surface area contributed by atoms with Crippen molar-refractivity contribution in [2.45, 2.75) is 6.92 Å². The molecule has 0 aliphatic carbocycles. The molecule has 0 fully saturated rings. The standard InChI is InChI=1S/C24H17ClN6O/c1-15-3-2-4-23(28-15)31-22(16-5-10-19-20(13-16)27-12-11-26-19)14-21(30-31)24(32)29-18-8-6-17(25)7-9-18/h2-14H,1H3,(H,29,32). The van der Waals surface area contributed by atoms with Crippen LogP contribution in [0.1, 0.15) is 16.2 Å². The number of anilines is 1. The van der Waals surface area contributed by atoms with Crippen molar-refractivity contribution >= 4 is 34.2 Å². The van der Waals surface area contributed by atoms with Gasteiger partial charge in [-0.2, -0.15) is 5.10 Å². The number of fused-ring (bicyclic) bond motifs is 1. The highest BCUT2D eigenvalue weighted by Gasteiger charge is 2.18. The van der Waals surface area contributed by atoms with Gasteiger partial charge in [-0.15, -0.1) is 0 Å². The number of rotatable bonds is 4. The van der Waals surface area contributed by atoms with Crippen molar-refractivity contribution in [2.75, 3.05) is 5.32 Å². The number of hydrogen-bond donors (Lipinski definition) is 1. The molecule has 8 heteroatoms. The van der Waals surface area contributed by atoms with E-state index in [1.807, 2.05) is 43.3 Å². The SMILES string of the molecule is Cc1cccc(-n2nc(C(=O)Nc3ccc(Cl)cc3)cc2-c2ccc3nccnc3c2)n1. The van der Waals surface area contributed by atoms with E-state index in [9.17, 15) is 4.79 Å². The maximum Gasteiger partial charge on any atom is 0.276 e. The van der Waals surface area contributed by atoms with E-state index < -0.39 is 0 Å². The van der Waals surface area contributed by atoms with Crippen molar-refractivity contribution in [1.82, 2.24) is 24.7 Å². The first-order valence-electron chi connectivity index (χ1n) is 9.89. The lowest BCUT2D eigenvalue weighted by Crippen LogP contribution is -2.13. The molecule has 3 aromatic heterocycles. The number of carbonyl (C=O) groups excluding carboxylic acids is 1. The van der Waals surface area contributed by atoms with Crippen molar-refractivity contribution in [3.8, 4) is 17.1 Å². The Morgan fingerprint density at radius 3 is 2.50 bits per heavy atom. The zero-order valence-electron chi connectivity index (χ0n) is 17.0. The lowest BCUT2D eigenvalue weighted by Gasteiger charge is -2.08. The Balaban J connectivity index is 1.60. The van der Waals surface area contributed by atoms with Gasteiger partial charge < -0.3 is 5.32 Å². The molecule has 1 amide bonds. The van der Waals surface area contributed by atoms with Gasteiger partial charge in [0.1, 0.15) is 0 Å². The van der Waals surface area contributed by atoms with Crippen LogP contribution in [-0.2, 0) is 0 Å². The van der Waals surface area contributed by atoms with Crippen LogP contribution in [0.2, 0.25) is 5.02 Å². The summed E-state index contributed by atoms with van der Waals surface area (Å²) in [6.45, 7) is 1.91. The molecule has 32 heavy (non-hydrogen) atoms. The van der Waals surface area contributed by atoms with Crippen LogP contribution in [0.15, 0.2) is 79.1 Å². The van der Waals surface area contributed by atoms with Crippen molar-refractivity contribution in [1.29, 1.82) is 0 Å².